The molecule has 158 valence electrons. The van der Waals surface area contributed by atoms with Crippen molar-refractivity contribution in [3.63, 3.8) is 0 Å². The Morgan fingerprint density at radius 3 is 2.70 bits per heavy atom. The Hall–Kier alpha value is -3.41. The highest BCUT2D eigenvalue weighted by atomic mass is 19.1. The second-order valence-electron chi connectivity index (χ2n) is 7.21. The molecule has 4 heterocycles. The van der Waals surface area contributed by atoms with Gasteiger partial charge in [-0.2, -0.15) is 20.1 Å². The van der Waals surface area contributed by atoms with Crippen molar-refractivity contribution in [1.82, 2.24) is 35.1 Å². The number of halogens is 1. The summed E-state index contributed by atoms with van der Waals surface area (Å²) in [6.45, 7) is 4.90. The van der Waals surface area contributed by atoms with Crippen LogP contribution in [0.25, 0.3) is 0 Å². The fraction of sp³-hybridized carbons (Fsp3) is 0.444. The molecule has 4 rings (SSSR count). The van der Waals surface area contributed by atoms with Gasteiger partial charge < -0.3 is 20.6 Å². The maximum Gasteiger partial charge on any atom is 0.235 e. The van der Waals surface area contributed by atoms with Gasteiger partial charge in [0.05, 0.1) is 24.5 Å². The number of anilines is 4. The smallest absolute Gasteiger partial charge is 0.235 e. The quantitative estimate of drug-likeness (QED) is 0.471. The van der Waals surface area contributed by atoms with E-state index in [9.17, 15) is 9.50 Å². The van der Waals surface area contributed by atoms with Crippen LogP contribution in [0.5, 0.6) is 0 Å². The van der Waals surface area contributed by atoms with Gasteiger partial charge in [0, 0.05) is 24.8 Å². The summed E-state index contributed by atoms with van der Waals surface area (Å²) in [5.74, 6) is 1.52. The predicted octanol–water partition coefficient (Wildman–Crippen LogP) is 1.71. The highest BCUT2D eigenvalue weighted by Gasteiger charge is 2.22. The van der Waals surface area contributed by atoms with Gasteiger partial charge >= 0.3 is 0 Å². The zero-order valence-electron chi connectivity index (χ0n) is 16.7. The summed E-state index contributed by atoms with van der Waals surface area (Å²) in [4.78, 5) is 23.3. The molecule has 1 fully saturated rings. The van der Waals surface area contributed by atoms with Crippen molar-refractivity contribution in [3.05, 3.63) is 35.8 Å². The minimum atomic E-state index is -0.502. The monoisotopic (exact) mass is 414 g/mol. The molecule has 3 aromatic rings. The summed E-state index contributed by atoms with van der Waals surface area (Å²) >= 11 is 0. The maximum absolute atomic E-state index is 13.1. The van der Waals surface area contributed by atoms with Crippen molar-refractivity contribution >= 4 is 23.7 Å². The van der Waals surface area contributed by atoms with Gasteiger partial charge in [-0.15, -0.1) is 0 Å². The molecule has 1 saturated heterocycles. The summed E-state index contributed by atoms with van der Waals surface area (Å²) in [5, 5.41) is 23.2. The number of β-amino-alcohol motifs (C(OH)–C–C–N with tert-alkyl or cyclic N) is 1. The molecule has 1 aliphatic heterocycles. The van der Waals surface area contributed by atoms with E-state index >= 15 is 0 Å². The van der Waals surface area contributed by atoms with Gasteiger partial charge in [0.15, 0.2) is 11.6 Å². The number of nitrogens with zero attached hydrogens (tertiary/aromatic N) is 7. The second-order valence-corrected chi connectivity index (χ2v) is 7.21. The Bertz CT molecular complexity index is 995. The molecule has 11 nitrogen and oxygen atoms in total. The Morgan fingerprint density at radius 2 is 2.00 bits per heavy atom. The largest absolute Gasteiger partial charge is 0.391 e. The molecule has 30 heavy (non-hydrogen) atoms. The highest BCUT2D eigenvalue weighted by molar-refractivity contribution is 5.52. The van der Waals surface area contributed by atoms with E-state index in [1.54, 1.807) is 0 Å². The number of piperidine rings is 1. The SMILES string of the molecule is Cc1cc(Nc2nc(N[C@@H](C)c3ncc(F)cn3)nc(N3CCC[C@H](O)C3)n2)n[nH]1. The van der Waals surface area contributed by atoms with E-state index in [2.05, 4.69) is 45.8 Å². The minimum absolute atomic E-state index is 0.301. The lowest BCUT2D eigenvalue weighted by molar-refractivity contribution is 0.153. The van der Waals surface area contributed by atoms with Crippen LogP contribution in [0.3, 0.4) is 0 Å². The summed E-state index contributed by atoms with van der Waals surface area (Å²) in [5.41, 5.74) is 0.895. The molecule has 0 aliphatic carbocycles. The van der Waals surface area contributed by atoms with E-state index in [0.29, 0.717) is 36.0 Å². The van der Waals surface area contributed by atoms with Crippen LogP contribution in [0.1, 0.15) is 37.3 Å². The van der Waals surface area contributed by atoms with Gasteiger partial charge in [0.25, 0.3) is 0 Å². The third kappa shape index (κ3) is 4.76. The number of aryl methyl sites for hydroxylation is 1. The van der Waals surface area contributed by atoms with Gasteiger partial charge in [-0.05, 0) is 26.7 Å². The first-order chi connectivity index (χ1) is 14.5. The van der Waals surface area contributed by atoms with Crippen LogP contribution in [0.15, 0.2) is 18.5 Å². The molecule has 2 atom stereocenters. The zero-order valence-corrected chi connectivity index (χ0v) is 16.7. The van der Waals surface area contributed by atoms with Crippen molar-refractivity contribution in [2.75, 3.05) is 28.6 Å². The van der Waals surface area contributed by atoms with Crippen LogP contribution in [0, 0.1) is 12.7 Å². The number of rotatable bonds is 6. The normalized spacial score (nSPS) is 17.6. The molecule has 0 saturated carbocycles. The first-order valence-corrected chi connectivity index (χ1v) is 9.68. The molecule has 0 bridgehead atoms. The van der Waals surface area contributed by atoms with E-state index in [0.717, 1.165) is 37.5 Å². The Morgan fingerprint density at radius 1 is 1.23 bits per heavy atom. The molecule has 1 aliphatic rings. The molecule has 0 amide bonds. The first-order valence-electron chi connectivity index (χ1n) is 9.68. The molecular weight excluding hydrogens is 391 g/mol. The molecule has 4 N–H and O–H groups in total. The second kappa shape index (κ2) is 8.53. The van der Waals surface area contributed by atoms with E-state index in [4.69, 9.17) is 0 Å². The van der Waals surface area contributed by atoms with Crippen LogP contribution in [0.4, 0.5) is 28.1 Å². The minimum Gasteiger partial charge on any atom is -0.391 e. The van der Waals surface area contributed by atoms with Gasteiger partial charge in [-0.1, -0.05) is 0 Å². The standard InChI is InChI=1S/C18H23FN10O/c1-10-6-14(28-27-10)23-17-24-16(22-11(2)15-20-7-12(19)8-21-15)25-18(26-17)29-5-3-4-13(30)9-29/h6-8,11,13,30H,3-5,9H2,1-2H3,(H3,22,23,24,25,26,27,28)/t11-,13-/m0/s1. The van der Waals surface area contributed by atoms with Crippen molar-refractivity contribution in [1.29, 1.82) is 0 Å². The summed E-state index contributed by atoms with van der Waals surface area (Å²) in [6.07, 6.45) is 3.40. The van der Waals surface area contributed by atoms with Crippen LogP contribution >= 0.6 is 0 Å². The van der Waals surface area contributed by atoms with E-state index < -0.39 is 11.9 Å². The van der Waals surface area contributed by atoms with E-state index in [1.165, 1.54) is 0 Å². The summed E-state index contributed by atoms with van der Waals surface area (Å²) in [6, 6.07) is 1.46. The number of aliphatic hydroxyl groups excluding tert-OH is 1. The van der Waals surface area contributed by atoms with Gasteiger partial charge in [-0.25, -0.2) is 14.4 Å². The maximum atomic E-state index is 13.1. The average Bonchev–Trinajstić information content (AvgIpc) is 3.13. The molecule has 3 aromatic heterocycles. The molecule has 0 radical (unpaired) electrons. The fourth-order valence-electron chi connectivity index (χ4n) is 3.16. The van der Waals surface area contributed by atoms with Crippen LogP contribution in [-0.2, 0) is 0 Å². The molecular formula is C18H23FN10O. The Labute approximate surface area is 172 Å². The topological polar surface area (TPSA) is 141 Å². The van der Waals surface area contributed by atoms with E-state index in [1.807, 2.05) is 24.8 Å². The van der Waals surface area contributed by atoms with Crippen LogP contribution in [0.2, 0.25) is 0 Å². The third-order valence-electron chi connectivity index (χ3n) is 4.62. The number of H-pyrrole nitrogens is 1. The summed E-state index contributed by atoms with van der Waals surface area (Å²) < 4.78 is 13.1. The zero-order chi connectivity index (χ0) is 21.1. The average molecular weight is 414 g/mol. The Balaban J connectivity index is 1.61. The van der Waals surface area contributed by atoms with Crippen molar-refractivity contribution in [3.8, 4) is 0 Å². The van der Waals surface area contributed by atoms with Gasteiger partial charge in [-0.3, -0.25) is 5.10 Å². The number of hydrogen-bond donors (Lipinski definition) is 4. The lowest BCUT2D eigenvalue weighted by Crippen LogP contribution is -2.39. The first kappa shape index (κ1) is 19.9. The van der Waals surface area contributed by atoms with Crippen LogP contribution < -0.4 is 15.5 Å². The van der Waals surface area contributed by atoms with Gasteiger partial charge in [0.1, 0.15) is 5.82 Å². The van der Waals surface area contributed by atoms with Crippen molar-refractivity contribution in [2.24, 2.45) is 0 Å². The lowest BCUT2D eigenvalue weighted by atomic mass is 10.1. The summed E-state index contributed by atoms with van der Waals surface area (Å²) in [7, 11) is 0. The number of aromatic nitrogens is 7. The van der Waals surface area contributed by atoms with Crippen molar-refractivity contribution < 1.29 is 9.50 Å². The highest BCUT2D eigenvalue weighted by Crippen LogP contribution is 2.22. The third-order valence-corrected chi connectivity index (χ3v) is 4.62. The Kier molecular flexibility index (Phi) is 5.65. The predicted molar refractivity (Wildman–Crippen MR) is 108 cm³/mol. The number of hydrogen-bond acceptors (Lipinski definition) is 10. The van der Waals surface area contributed by atoms with Crippen molar-refractivity contribution in [2.45, 2.75) is 38.8 Å². The lowest BCUT2D eigenvalue weighted by Gasteiger charge is -2.30. The number of aromatic amines is 1. The molecule has 12 heteroatoms. The molecule has 0 aromatic carbocycles. The number of aliphatic hydroxyl groups is 1. The molecule has 0 unspecified atom stereocenters. The fourth-order valence-corrected chi connectivity index (χ4v) is 3.16. The molecule has 0 spiro atoms. The van der Waals surface area contributed by atoms with Gasteiger partial charge in [0.2, 0.25) is 17.8 Å². The van der Waals surface area contributed by atoms with Crippen LogP contribution in [-0.4, -0.2) is 59.4 Å². The number of nitrogens with one attached hydrogen (secondary N) is 3. The van der Waals surface area contributed by atoms with E-state index in [-0.39, 0.29) is 6.04 Å².